The molecule has 1 aliphatic rings. The molecule has 1 aliphatic carbocycles. The summed E-state index contributed by atoms with van der Waals surface area (Å²) in [7, 11) is 0. The minimum atomic E-state index is -0.112. The Hall–Kier alpha value is -7.04. The van der Waals surface area contributed by atoms with Gasteiger partial charge >= 0.3 is 0 Å². The average molecular weight is 706 g/mol. The lowest BCUT2D eigenvalue weighted by Gasteiger charge is -2.21. The molecule has 0 aliphatic heterocycles. The molecule has 0 amide bonds. The first-order valence-corrected chi connectivity index (χ1v) is 18.9. The first-order chi connectivity index (χ1) is 27.0. The number of benzene rings is 8. The number of para-hydroxylation sites is 3. The highest BCUT2D eigenvalue weighted by atomic mass is 16.3. The summed E-state index contributed by atoms with van der Waals surface area (Å²) < 4.78 is 22.2. The maximum atomic E-state index is 6.79. The number of aromatic nitrogens is 1. The molecule has 4 nitrogen and oxygen atoms in total. The molecule has 0 saturated carbocycles. The number of hydrogen-bond donors (Lipinski definition) is 0. The highest BCUT2D eigenvalue weighted by Crippen LogP contribution is 2.51. The second-order valence-corrected chi connectivity index (χ2v) is 15.6. The zero-order chi connectivity index (χ0) is 36.2. The van der Waals surface area contributed by atoms with Gasteiger partial charge in [-0.1, -0.05) is 111 Å². The lowest BCUT2D eigenvalue weighted by atomic mass is 9.82. The van der Waals surface area contributed by atoms with Gasteiger partial charge in [-0.2, -0.15) is 0 Å². The molecule has 0 unspecified atom stereocenters. The van der Waals surface area contributed by atoms with E-state index in [2.05, 4.69) is 152 Å². The van der Waals surface area contributed by atoms with Gasteiger partial charge in [-0.3, -0.25) is 0 Å². The van der Waals surface area contributed by atoms with Crippen LogP contribution in [0, 0.1) is 0 Å². The maximum Gasteiger partial charge on any atom is 0.143 e. The Labute approximate surface area is 314 Å². The predicted molar refractivity (Wildman–Crippen MR) is 226 cm³/mol. The Morgan fingerprint density at radius 3 is 1.98 bits per heavy atom. The summed E-state index contributed by atoms with van der Waals surface area (Å²) in [6.45, 7) is 4.70. The van der Waals surface area contributed by atoms with E-state index in [1.54, 1.807) is 0 Å². The molecule has 13 rings (SSSR count). The van der Waals surface area contributed by atoms with E-state index in [0.29, 0.717) is 0 Å². The van der Waals surface area contributed by atoms with Crippen molar-refractivity contribution in [1.29, 1.82) is 0 Å². The molecule has 258 valence electrons. The van der Waals surface area contributed by atoms with E-state index >= 15 is 0 Å². The van der Waals surface area contributed by atoms with Gasteiger partial charge in [-0.25, -0.2) is 0 Å². The maximum absolute atomic E-state index is 6.79. The minimum absolute atomic E-state index is 0.112. The fraction of sp³-hybridized carbons (Fsp3) is 0.0588. The quantitative estimate of drug-likeness (QED) is 0.180. The summed E-state index contributed by atoms with van der Waals surface area (Å²) in [5.74, 6) is 0. The molecule has 0 saturated heterocycles. The largest absolute Gasteiger partial charge is 0.456 e. The van der Waals surface area contributed by atoms with Crippen LogP contribution in [0.1, 0.15) is 25.0 Å². The first-order valence-electron chi connectivity index (χ1n) is 18.9. The van der Waals surface area contributed by atoms with Crippen LogP contribution in [0.4, 0.5) is 0 Å². The zero-order valence-corrected chi connectivity index (χ0v) is 30.1. The van der Waals surface area contributed by atoms with Crippen molar-refractivity contribution in [3.63, 3.8) is 0 Å². The standard InChI is InChI=1S/C51H31NO3/c1-51(2)38-18-6-3-12-28(38)34-24-35-29-13-4-7-19-40(29)52(42(35)26-39(34)51)41-20-11-23-45-49(41)37-25-36-32-17-9-16-31(50(32)55-46(36)27-47(37)54-45)30-15-10-22-44-48(30)33-14-5-8-21-43(33)53-44/h3-27H,1-2H3. The van der Waals surface area contributed by atoms with Crippen molar-refractivity contribution in [3.8, 4) is 27.9 Å². The highest BCUT2D eigenvalue weighted by Gasteiger charge is 2.36. The predicted octanol–water partition coefficient (Wildman–Crippen LogP) is 14.5. The number of furan rings is 3. The van der Waals surface area contributed by atoms with E-state index in [0.717, 1.165) is 82.6 Å². The van der Waals surface area contributed by atoms with Crippen molar-refractivity contribution in [2.75, 3.05) is 0 Å². The van der Waals surface area contributed by atoms with Crippen molar-refractivity contribution in [1.82, 2.24) is 4.57 Å². The van der Waals surface area contributed by atoms with Crippen LogP contribution < -0.4 is 0 Å². The lowest BCUT2D eigenvalue weighted by Crippen LogP contribution is -2.14. The number of nitrogens with zero attached hydrogens (tertiary/aromatic N) is 1. The number of rotatable bonds is 2. The third-order valence-corrected chi connectivity index (χ3v) is 12.4. The van der Waals surface area contributed by atoms with Gasteiger partial charge in [0, 0.05) is 54.7 Å². The van der Waals surface area contributed by atoms with E-state index in [9.17, 15) is 0 Å². The molecule has 0 bridgehead atoms. The van der Waals surface area contributed by atoms with Crippen LogP contribution in [-0.2, 0) is 5.41 Å². The Kier molecular flexibility index (Phi) is 5.42. The molecule has 4 aromatic heterocycles. The second-order valence-electron chi connectivity index (χ2n) is 15.6. The summed E-state index contributed by atoms with van der Waals surface area (Å²) in [6, 6.07) is 54.3. The molecule has 0 spiro atoms. The molecule has 0 fully saturated rings. The summed E-state index contributed by atoms with van der Waals surface area (Å²) in [6.07, 6.45) is 0. The lowest BCUT2D eigenvalue weighted by molar-refractivity contribution is 0.656. The topological polar surface area (TPSA) is 44.4 Å². The fourth-order valence-corrected chi connectivity index (χ4v) is 9.92. The van der Waals surface area contributed by atoms with Crippen molar-refractivity contribution in [2.24, 2.45) is 0 Å². The highest BCUT2D eigenvalue weighted by molar-refractivity contribution is 6.21. The van der Waals surface area contributed by atoms with Gasteiger partial charge in [-0.05, 0) is 76.3 Å². The van der Waals surface area contributed by atoms with Crippen LogP contribution in [0.15, 0.2) is 165 Å². The molecule has 0 atom stereocenters. The summed E-state index contributed by atoms with van der Waals surface area (Å²) in [5, 5.41) is 8.97. The molecule has 0 N–H and O–H groups in total. The fourth-order valence-electron chi connectivity index (χ4n) is 9.92. The van der Waals surface area contributed by atoms with Crippen molar-refractivity contribution < 1.29 is 13.3 Å². The second kappa shape index (κ2) is 10.1. The van der Waals surface area contributed by atoms with E-state index in [-0.39, 0.29) is 5.41 Å². The van der Waals surface area contributed by atoms with E-state index in [4.69, 9.17) is 13.3 Å². The van der Waals surface area contributed by atoms with Crippen LogP contribution in [0.25, 0.3) is 116 Å². The summed E-state index contributed by atoms with van der Waals surface area (Å²) >= 11 is 0. The van der Waals surface area contributed by atoms with Crippen molar-refractivity contribution in [3.05, 3.63) is 163 Å². The monoisotopic (exact) mass is 705 g/mol. The van der Waals surface area contributed by atoms with Crippen molar-refractivity contribution >= 4 is 87.6 Å². The summed E-state index contributed by atoms with van der Waals surface area (Å²) in [5.41, 5.74) is 15.9. The van der Waals surface area contributed by atoms with Crippen LogP contribution in [0.5, 0.6) is 0 Å². The van der Waals surface area contributed by atoms with Gasteiger partial charge in [0.1, 0.15) is 33.5 Å². The Bertz CT molecular complexity index is 3640. The Balaban J connectivity index is 1.08. The van der Waals surface area contributed by atoms with E-state index in [1.807, 2.05) is 18.2 Å². The van der Waals surface area contributed by atoms with E-state index in [1.165, 1.54) is 44.1 Å². The van der Waals surface area contributed by atoms with Crippen molar-refractivity contribution in [2.45, 2.75) is 19.3 Å². The van der Waals surface area contributed by atoms with Gasteiger partial charge in [-0.15, -0.1) is 0 Å². The normalized spacial score (nSPS) is 13.8. The van der Waals surface area contributed by atoms with E-state index < -0.39 is 0 Å². The van der Waals surface area contributed by atoms with Crippen LogP contribution in [0.2, 0.25) is 0 Å². The van der Waals surface area contributed by atoms with Gasteiger partial charge in [0.2, 0.25) is 0 Å². The first kappa shape index (κ1) is 29.4. The van der Waals surface area contributed by atoms with Gasteiger partial charge in [0.05, 0.1) is 22.1 Å². The molecular formula is C51H31NO3. The SMILES string of the molecule is CC1(C)c2ccccc2-c2cc3c4ccccc4n(-c4cccc5oc6cc7oc8c(-c9cccc%10oc%11ccccc%11c9%10)cccc8c7cc6c45)c3cc21. The van der Waals surface area contributed by atoms with Crippen LogP contribution >= 0.6 is 0 Å². The number of hydrogen-bond acceptors (Lipinski definition) is 3. The Morgan fingerprint density at radius 2 is 1.05 bits per heavy atom. The molecule has 8 aromatic carbocycles. The molecular weight excluding hydrogens is 675 g/mol. The van der Waals surface area contributed by atoms with Crippen LogP contribution in [-0.4, -0.2) is 4.57 Å². The third kappa shape index (κ3) is 3.71. The number of fused-ring (bicyclic) bond motifs is 15. The van der Waals surface area contributed by atoms with Gasteiger partial charge in [0.15, 0.2) is 0 Å². The average Bonchev–Trinajstić information content (AvgIpc) is 4.01. The van der Waals surface area contributed by atoms with Gasteiger partial charge in [0.25, 0.3) is 0 Å². The molecule has 4 heterocycles. The zero-order valence-electron chi connectivity index (χ0n) is 30.1. The molecule has 0 radical (unpaired) electrons. The Morgan fingerprint density at radius 1 is 0.382 bits per heavy atom. The smallest absolute Gasteiger partial charge is 0.143 e. The van der Waals surface area contributed by atoms with Gasteiger partial charge < -0.3 is 17.8 Å². The summed E-state index contributed by atoms with van der Waals surface area (Å²) in [4.78, 5) is 0. The minimum Gasteiger partial charge on any atom is -0.456 e. The molecule has 4 heteroatoms. The molecule has 55 heavy (non-hydrogen) atoms. The van der Waals surface area contributed by atoms with Crippen LogP contribution in [0.3, 0.4) is 0 Å². The third-order valence-electron chi connectivity index (χ3n) is 12.4. The molecule has 12 aromatic rings.